The number of aromatic amines is 1. The minimum Gasteiger partial charge on any atom is -0.353 e. The largest absolute Gasteiger partial charge is 0.353 e. The van der Waals surface area contributed by atoms with Crippen LogP contribution in [0.4, 0.5) is 5.95 Å². The van der Waals surface area contributed by atoms with Gasteiger partial charge in [-0.25, -0.2) is 0 Å². The summed E-state index contributed by atoms with van der Waals surface area (Å²) in [5.41, 5.74) is 5.18. The lowest BCUT2D eigenvalue weighted by Crippen LogP contribution is -2.08. The van der Waals surface area contributed by atoms with E-state index in [1.807, 2.05) is 24.3 Å². The summed E-state index contributed by atoms with van der Waals surface area (Å²) < 4.78 is 0. The normalized spacial score (nSPS) is 11.2. The molecule has 0 aliphatic carbocycles. The van der Waals surface area contributed by atoms with Crippen molar-refractivity contribution in [1.82, 2.24) is 20.2 Å². The molecular weight excluding hydrogens is 286 g/mol. The molecule has 5 heteroatoms. The topological polar surface area (TPSA) is 66.5 Å². The fraction of sp³-hybridized carbons (Fsp3) is 0.167. The number of hydrogen-bond acceptors (Lipinski definition) is 4. The Hall–Kier alpha value is -2.95. The van der Waals surface area contributed by atoms with E-state index in [0.717, 1.165) is 35.0 Å². The fourth-order valence-electron chi connectivity index (χ4n) is 2.78. The zero-order valence-electron chi connectivity index (χ0n) is 12.9. The van der Waals surface area contributed by atoms with E-state index in [2.05, 4.69) is 56.7 Å². The Balaban J connectivity index is 1.52. The molecule has 2 N–H and O–H groups in total. The Labute approximate surface area is 133 Å². The number of aromatic nitrogens is 4. The Bertz CT molecular complexity index is 973. The molecule has 0 fully saturated rings. The number of aryl methyl sites for hydroxylation is 1. The van der Waals surface area contributed by atoms with Crippen LogP contribution in [0.5, 0.6) is 0 Å². The van der Waals surface area contributed by atoms with Crippen molar-refractivity contribution in [2.45, 2.75) is 13.3 Å². The van der Waals surface area contributed by atoms with Crippen LogP contribution in [-0.2, 0) is 6.42 Å². The van der Waals surface area contributed by atoms with Crippen LogP contribution in [-0.4, -0.2) is 26.7 Å². The van der Waals surface area contributed by atoms with Crippen LogP contribution in [0.25, 0.3) is 22.1 Å². The lowest BCUT2D eigenvalue weighted by Gasteiger charge is -2.05. The van der Waals surface area contributed by atoms with Crippen molar-refractivity contribution in [3.05, 3.63) is 59.7 Å². The number of para-hydroxylation sites is 1. The predicted octanol–water partition coefficient (Wildman–Crippen LogP) is 3.47. The van der Waals surface area contributed by atoms with Gasteiger partial charge in [-0.1, -0.05) is 48.0 Å². The van der Waals surface area contributed by atoms with Crippen molar-refractivity contribution >= 4 is 28.0 Å². The number of hydrogen-bond donors (Lipinski definition) is 2. The van der Waals surface area contributed by atoms with Crippen LogP contribution < -0.4 is 5.32 Å². The van der Waals surface area contributed by atoms with Gasteiger partial charge >= 0.3 is 0 Å². The van der Waals surface area contributed by atoms with Gasteiger partial charge in [0, 0.05) is 17.4 Å². The van der Waals surface area contributed by atoms with E-state index in [-0.39, 0.29) is 0 Å². The van der Waals surface area contributed by atoms with Crippen LogP contribution in [0.1, 0.15) is 11.1 Å². The number of nitrogens with one attached hydrogen (secondary N) is 2. The molecule has 2 heterocycles. The molecule has 0 unspecified atom stereocenters. The first-order valence-electron chi connectivity index (χ1n) is 7.70. The highest BCUT2D eigenvalue weighted by atomic mass is 15.2. The van der Waals surface area contributed by atoms with E-state index in [4.69, 9.17) is 0 Å². The fourth-order valence-corrected chi connectivity index (χ4v) is 2.78. The van der Waals surface area contributed by atoms with Gasteiger partial charge in [0.25, 0.3) is 0 Å². The zero-order valence-corrected chi connectivity index (χ0v) is 12.9. The lowest BCUT2D eigenvalue weighted by molar-refractivity contribution is 0.950. The molecule has 2 aromatic heterocycles. The van der Waals surface area contributed by atoms with Crippen molar-refractivity contribution in [3.63, 3.8) is 0 Å². The van der Waals surface area contributed by atoms with E-state index in [1.165, 1.54) is 11.1 Å². The van der Waals surface area contributed by atoms with E-state index < -0.39 is 0 Å². The molecular formula is C18H17N5. The van der Waals surface area contributed by atoms with Gasteiger partial charge in [-0.05, 0) is 25.0 Å². The maximum atomic E-state index is 4.52. The van der Waals surface area contributed by atoms with Crippen LogP contribution in [0.3, 0.4) is 0 Å². The Morgan fingerprint density at radius 1 is 1.04 bits per heavy atom. The smallest absolute Gasteiger partial charge is 0.244 e. The number of anilines is 1. The molecule has 0 saturated heterocycles. The molecule has 0 saturated carbocycles. The molecule has 23 heavy (non-hydrogen) atoms. The summed E-state index contributed by atoms with van der Waals surface area (Å²) >= 11 is 0. The average molecular weight is 303 g/mol. The lowest BCUT2D eigenvalue weighted by atomic mass is 10.1. The number of rotatable bonds is 4. The third-order valence-electron chi connectivity index (χ3n) is 3.90. The van der Waals surface area contributed by atoms with Crippen LogP contribution in [0.15, 0.2) is 48.5 Å². The van der Waals surface area contributed by atoms with E-state index in [0.29, 0.717) is 5.95 Å². The summed E-state index contributed by atoms with van der Waals surface area (Å²) in [5.74, 6) is 0.553. The SMILES string of the molecule is Cc1cccc(CCNc2nnc3c(n2)[nH]c2ccccc23)c1. The van der Waals surface area contributed by atoms with E-state index in [1.54, 1.807) is 0 Å². The maximum absolute atomic E-state index is 4.52. The molecule has 0 aliphatic rings. The number of nitrogens with zero attached hydrogens (tertiary/aromatic N) is 3. The van der Waals surface area contributed by atoms with Gasteiger partial charge in [0.15, 0.2) is 5.65 Å². The number of benzene rings is 2. The van der Waals surface area contributed by atoms with Crippen molar-refractivity contribution < 1.29 is 0 Å². The Morgan fingerprint density at radius 3 is 2.87 bits per heavy atom. The summed E-state index contributed by atoms with van der Waals surface area (Å²) in [6, 6.07) is 16.5. The van der Waals surface area contributed by atoms with Crippen molar-refractivity contribution in [2.24, 2.45) is 0 Å². The molecule has 0 amide bonds. The van der Waals surface area contributed by atoms with Gasteiger partial charge in [0.05, 0.1) is 0 Å². The van der Waals surface area contributed by atoms with Crippen LogP contribution in [0.2, 0.25) is 0 Å². The zero-order chi connectivity index (χ0) is 15.6. The quantitative estimate of drug-likeness (QED) is 0.606. The average Bonchev–Trinajstić information content (AvgIpc) is 2.92. The highest BCUT2D eigenvalue weighted by molar-refractivity contribution is 6.03. The molecule has 5 nitrogen and oxygen atoms in total. The van der Waals surface area contributed by atoms with E-state index >= 15 is 0 Å². The van der Waals surface area contributed by atoms with Gasteiger partial charge < -0.3 is 10.3 Å². The molecule has 0 bridgehead atoms. The second kappa shape index (κ2) is 5.68. The van der Waals surface area contributed by atoms with E-state index in [9.17, 15) is 0 Å². The third-order valence-corrected chi connectivity index (χ3v) is 3.90. The molecule has 0 spiro atoms. The highest BCUT2D eigenvalue weighted by Gasteiger charge is 2.08. The molecule has 0 atom stereocenters. The van der Waals surface area contributed by atoms with Gasteiger partial charge in [-0.3, -0.25) is 0 Å². The Kier molecular flexibility index (Phi) is 3.38. The van der Waals surface area contributed by atoms with Crippen LogP contribution >= 0.6 is 0 Å². The monoisotopic (exact) mass is 303 g/mol. The summed E-state index contributed by atoms with van der Waals surface area (Å²) in [4.78, 5) is 7.80. The predicted molar refractivity (Wildman–Crippen MR) is 92.6 cm³/mol. The van der Waals surface area contributed by atoms with Gasteiger partial charge in [0.2, 0.25) is 5.95 Å². The van der Waals surface area contributed by atoms with Crippen molar-refractivity contribution in [3.8, 4) is 0 Å². The van der Waals surface area contributed by atoms with Gasteiger partial charge in [-0.15, -0.1) is 10.2 Å². The van der Waals surface area contributed by atoms with Crippen LogP contribution in [0, 0.1) is 6.92 Å². The van der Waals surface area contributed by atoms with Crippen molar-refractivity contribution in [1.29, 1.82) is 0 Å². The standard InChI is InChI=1S/C18H17N5/c1-12-5-4-6-13(11-12)9-10-19-18-21-17-16(22-23-18)14-7-2-3-8-15(14)20-17/h2-8,11H,9-10H2,1H3,(H2,19,20,21,23). The minimum atomic E-state index is 0.553. The number of H-pyrrole nitrogens is 1. The third kappa shape index (κ3) is 2.73. The summed E-state index contributed by atoms with van der Waals surface area (Å²) in [7, 11) is 0. The first-order chi connectivity index (χ1) is 11.3. The summed E-state index contributed by atoms with van der Waals surface area (Å²) in [5, 5.41) is 12.8. The first-order valence-corrected chi connectivity index (χ1v) is 7.70. The molecule has 4 aromatic rings. The molecule has 4 rings (SSSR count). The molecule has 2 aromatic carbocycles. The second-order valence-electron chi connectivity index (χ2n) is 5.67. The molecule has 0 aliphatic heterocycles. The van der Waals surface area contributed by atoms with Crippen molar-refractivity contribution in [2.75, 3.05) is 11.9 Å². The Morgan fingerprint density at radius 2 is 1.96 bits per heavy atom. The minimum absolute atomic E-state index is 0.553. The maximum Gasteiger partial charge on any atom is 0.244 e. The second-order valence-corrected chi connectivity index (χ2v) is 5.67. The molecule has 0 radical (unpaired) electrons. The van der Waals surface area contributed by atoms with Gasteiger partial charge in [0.1, 0.15) is 5.52 Å². The summed E-state index contributed by atoms with van der Waals surface area (Å²) in [6.07, 6.45) is 0.926. The molecule has 114 valence electrons. The summed E-state index contributed by atoms with van der Waals surface area (Å²) in [6.45, 7) is 2.88. The number of fused-ring (bicyclic) bond motifs is 3. The first kappa shape index (κ1) is 13.7. The van der Waals surface area contributed by atoms with Gasteiger partial charge in [-0.2, -0.15) is 4.98 Å². The highest BCUT2D eigenvalue weighted by Crippen LogP contribution is 2.21.